The molecular formula is C17H16ClN2O5P. The molecule has 1 aromatic carbocycles. The van der Waals surface area contributed by atoms with Gasteiger partial charge in [0, 0.05) is 5.39 Å². The SMILES string of the molecule is CCOP(=O)(OCC)C(c1c(Cl)c2ccccc2oc1=O)C(C#N)C#N. The molecule has 1 aromatic heterocycles. The Balaban J connectivity index is 2.85. The summed E-state index contributed by atoms with van der Waals surface area (Å²) in [5.41, 5.74) is -2.42. The Hall–Kier alpha value is -2.15. The van der Waals surface area contributed by atoms with Crippen molar-refractivity contribution in [3.63, 3.8) is 0 Å². The zero-order chi connectivity index (χ0) is 19.3. The molecule has 9 heteroatoms. The number of nitriles is 2. The minimum absolute atomic E-state index is 0.00606. The highest BCUT2D eigenvalue weighted by Crippen LogP contribution is 2.64. The lowest BCUT2D eigenvalue weighted by molar-refractivity contribution is 0.209. The van der Waals surface area contributed by atoms with Crippen LogP contribution < -0.4 is 5.63 Å². The van der Waals surface area contributed by atoms with Gasteiger partial charge >= 0.3 is 13.2 Å². The summed E-state index contributed by atoms with van der Waals surface area (Å²) in [4.78, 5) is 12.6. The smallest absolute Gasteiger partial charge is 0.342 e. The van der Waals surface area contributed by atoms with E-state index in [1.807, 2.05) is 0 Å². The van der Waals surface area contributed by atoms with Crippen molar-refractivity contribution < 1.29 is 18.0 Å². The van der Waals surface area contributed by atoms with Gasteiger partial charge in [0.2, 0.25) is 0 Å². The Kier molecular flexibility index (Phi) is 6.58. The van der Waals surface area contributed by atoms with Crippen LogP contribution in [0.15, 0.2) is 33.5 Å². The van der Waals surface area contributed by atoms with Gasteiger partial charge < -0.3 is 13.5 Å². The first-order chi connectivity index (χ1) is 12.4. The van der Waals surface area contributed by atoms with Crippen LogP contribution in [0.4, 0.5) is 0 Å². The Morgan fingerprint density at radius 1 is 1.19 bits per heavy atom. The van der Waals surface area contributed by atoms with E-state index in [1.165, 1.54) is 0 Å². The maximum absolute atomic E-state index is 13.3. The number of benzene rings is 1. The first-order valence-corrected chi connectivity index (χ1v) is 9.81. The number of hydrogen-bond acceptors (Lipinski definition) is 7. The van der Waals surface area contributed by atoms with Gasteiger partial charge in [-0.05, 0) is 26.0 Å². The van der Waals surface area contributed by atoms with Crippen LogP contribution in [0.5, 0.6) is 0 Å². The molecule has 0 bridgehead atoms. The fourth-order valence-electron chi connectivity index (χ4n) is 2.61. The molecular weight excluding hydrogens is 379 g/mol. The molecule has 1 unspecified atom stereocenters. The van der Waals surface area contributed by atoms with E-state index in [4.69, 9.17) is 25.1 Å². The Bertz CT molecular complexity index is 967. The first kappa shape index (κ1) is 20.2. The number of rotatable bonds is 7. The Morgan fingerprint density at radius 2 is 1.77 bits per heavy atom. The van der Waals surface area contributed by atoms with Gasteiger partial charge in [-0.1, -0.05) is 23.7 Å². The highest BCUT2D eigenvalue weighted by Gasteiger charge is 2.46. The maximum Gasteiger partial charge on any atom is 0.342 e. The van der Waals surface area contributed by atoms with Crippen LogP contribution in [-0.2, 0) is 13.6 Å². The Morgan fingerprint density at radius 3 is 2.31 bits per heavy atom. The van der Waals surface area contributed by atoms with Crippen LogP contribution in [0.25, 0.3) is 11.0 Å². The largest absolute Gasteiger partial charge is 0.422 e. The van der Waals surface area contributed by atoms with Crippen LogP contribution in [-0.4, -0.2) is 13.2 Å². The zero-order valence-electron chi connectivity index (χ0n) is 14.1. The highest BCUT2D eigenvalue weighted by molar-refractivity contribution is 7.54. The summed E-state index contributed by atoms with van der Waals surface area (Å²) in [6, 6.07) is 10.00. The summed E-state index contributed by atoms with van der Waals surface area (Å²) >= 11 is 6.39. The molecule has 0 N–H and O–H groups in total. The highest BCUT2D eigenvalue weighted by atomic mass is 35.5. The lowest BCUT2D eigenvalue weighted by atomic mass is 10.0. The number of hydrogen-bond donors (Lipinski definition) is 0. The second kappa shape index (κ2) is 8.49. The molecule has 2 rings (SSSR count). The number of nitrogens with zero attached hydrogens (tertiary/aromatic N) is 2. The molecule has 7 nitrogen and oxygen atoms in total. The lowest BCUT2D eigenvalue weighted by Gasteiger charge is -2.27. The van der Waals surface area contributed by atoms with E-state index in [0.29, 0.717) is 5.39 Å². The van der Waals surface area contributed by atoms with E-state index in [0.717, 1.165) is 0 Å². The molecule has 136 valence electrons. The third-order valence-electron chi connectivity index (χ3n) is 3.63. The van der Waals surface area contributed by atoms with Crippen molar-refractivity contribution in [2.24, 2.45) is 5.92 Å². The van der Waals surface area contributed by atoms with Crippen LogP contribution in [0, 0.1) is 28.6 Å². The van der Waals surface area contributed by atoms with Gasteiger partial charge in [0.15, 0.2) is 5.92 Å². The third-order valence-corrected chi connectivity index (χ3v) is 6.51. The molecule has 1 heterocycles. The van der Waals surface area contributed by atoms with Crippen LogP contribution >= 0.6 is 19.2 Å². The molecule has 0 saturated carbocycles. The average Bonchev–Trinajstić information content (AvgIpc) is 2.61. The fourth-order valence-corrected chi connectivity index (χ4v) is 5.20. The van der Waals surface area contributed by atoms with E-state index in [1.54, 1.807) is 50.3 Å². The predicted molar refractivity (Wildman–Crippen MR) is 95.8 cm³/mol. The first-order valence-electron chi connectivity index (χ1n) is 7.82. The van der Waals surface area contributed by atoms with Crippen LogP contribution in [0.1, 0.15) is 25.1 Å². The zero-order valence-corrected chi connectivity index (χ0v) is 15.8. The van der Waals surface area contributed by atoms with Crippen molar-refractivity contribution in [3.05, 3.63) is 45.3 Å². The molecule has 26 heavy (non-hydrogen) atoms. The van der Waals surface area contributed by atoms with E-state index in [2.05, 4.69) is 0 Å². The molecule has 0 aliphatic rings. The van der Waals surface area contributed by atoms with Gasteiger partial charge in [-0.15, -0.1) is 0 Å². The van der Waals surface area contributed by atoms with E-state index in [9.17, 15) is 19.9 Å². The van der Waals surface area contributed by atoms with E-state index >= 15 is 0 Å². The third kappa shape index (κ3) is 3.67. The van der Waals surface area contributed by atoms with Gasteiger partial charge in [-0.3, -0.25) is 4.57 Å². The molecule has 0 aliphatic heterocycles. The number of para-hydroxylation sites is 1. The van der Waals surface area contributed by atoms with Gasteiger partial charge in [0.1, 0.15) is 11.2 Å². The molecule has 0 amide bonds. The van der Waals surface area contributed by atoms with Crippen molar-refractivity contribution >= 4 is 30.2 Å². The predicted octanol–water partition coefficient (Wildman–Crippen LogP) is 4.42. The van der Waals surface area contributed by atoms with Gasteiger partial charge in [-0.25, -0.2) is 4.79 Å². The second-order valence-corrected chi connectivity index (χ2v) is 7.70. The molecule has 0 saturated heterocycles. The second-order valence-electron chi connectivity index (χ2n) is 5.17. The fraction of sp³-hybridized carbons (Fsp3) is 0.353. The summed E-state index contributed by atoms with van der Waals surface area (Å²) in [6.45, 7) is 3.16. The molecule has 0 spiro atoms. The summed E-state index contributed by atoms with van der Waals surface area (Å²) in [7, 11) is -4.06. The molecule has 0 radical (unpaired) electrons. The minimum Gasteiger partial charge on any atom is -0.422 e. The summed E-state index contributed by atoms with van der Waals surface area (Å²) < 4.78 is 29.2. The standard InChI is InChI=1S/C17H16ClN2O5P/c1-3-23-26(22,24-4-2)16(11(9-19)10-20)14-15(18)12-7-5-6-8-13(12)25-17(14)21/h5-8,11,16H,3-4H2,1-2H3. The minimum atomic E-state index is -4.06. The molecule has 1 atom stereocenters. The normalized spacial score (nSPS) is 12.7. The van der Waals surface area contributed by atoms with Crippen molar-refractivity contribution in [3.8, 4) is 12.1 Å². The average molecular weight is 395 g/mol. The number of halogens is 1. The molecule has 0 aliphatic carbocycles. The maximum atomic E-state index is 13.3. The van der Waals surface area contributed by atoms with E-state index in [-0.39, 0.29) is 29.4 Å². The van der Waals surface area contributed by atoms with Gasteiger partial charge in [0.25, 0.3) is 0 Å². The van der Waals surface area contributed by atoms with Crippen molar-refractivity contribution in [1.82, 2.24) is 0 Å². The van der Waals surface area contributed by atoms with Crippen LogP contribution in [0.3, 0.4) is 0 Å². The van der Waals surface area contributed by atoms with Gasteiger partial charge in [-0.2, -0.15) is 10.5 Å². The Labute approximate surface area is 155 Å². The van der Waals surface area contributed by atoms with Crippen molar-refractivity contribution in [2.45, 2.75) is 19.5 Å². The lowest BCUT2D eigenvalue weighted by Crippen LogP contribution is -2.21. The molecule has 0 fully saturated rings. The topological polar surface area (TPSA) is 113 Å². The number of fused-ring (bicyclic) bond motifs is 1. The van der Waals surface area contributed by atoms with Gasteiger partial charge in [0.05, 0.1) is 35.9 Å². The van der Waals surface area contributed by atoms with Crippen LogP contribution in [0.2, 0.25) is 5.02 Å². The summed E-state index contributed by atoms with van der Waals surface area (Å²) in [5.74, 6) is -1.49. The van der Waals surface area contributed by atoms with Crippen molar-refractivity contribution in [1.29, 1.82) is 10.5 Å². The van der Waals surface area contributed by atoms with Crippen molar-refractivity contribution in [2.75, 3.05) is 13.2 Å². The van der Waals surface area contributed by atoms with E-state index < -0.39 is 24.8 Å². The summed E-state index contributed by atoms with van der Waals surface area (Å²) in [5, 5.41) is 19.1. The summed E-state index contributed by atoms with van der Waals surface area (Å²) in [6.07, 6.45) is 0. The quantitative estimate of drug-likeness (QED) is 0.504. The molecule has 2 aromatic rings. The monoisotopic (exact) mass is 394 g/mol.